The van der Waals surface area contributed by atoms with Crippen LogP contribution in [0.3, 0.4) is 0 Å². The molecule has 0 fully saturated rings. The zero-order chi connectivity index (χ0) is 17.7. The van der Waals surface area contributed by atoms with Gasteiger partial charge in [0.05, 0.1) is 90.9 Å². The van der Waals surface area contributed by atoms with Crippen LogP contribution in [0.1, 0.15) is 10.6 Å². The first kappa shape index (κ1) is 19.6. The smallest absolute Gasteiger partial charge is 0.291 e. The summed E-state index contributed by atoms with van der Waals surface area (Å²) >= 11 is -2.72. The number of H-pyrrole nitrogens is 1. The van der Waals surface area contributed by atoms with Crippen LogP contribution in [0.15, 0.2) is 36.9 Å². The van der Waals surface area contributed by atoms with Gasteiger partial charge in [-0.15, -0.1) is 0 Å². The number of anilines is 1. The third kappa shape index (κ3) is 3.76. The second-order valence-electron chi connectivity index (χ2n) is 3.80. The molecule has 2 rings (SSSR count). The predicted octanol–water partition coefficient (Wildman–Crippen LogP) is 6.55. The lowest BCUT2D eigenvalue weighted by Gasteiger charge is -2.17. The SMILES string of the molecule is O=C(Nc1c(SF)c(SF)c(SF)c(SF)c1SF)c1ncc[nH]1. The fourth-order valence-electron chi connectivity index (χ4n) is 1.67. The van der Waals surface area contributed by atoms with E-state index in [1.807, 2.05) is 0 Å². The number of carbonyl (C=O) groups is 1. The number of aromatic nitrogens is 2. The topological polar surface area (TPSA) is 57.8 Å². The van der Waals surface area contributed by atoms with Gasteiger partial charge in [0.2, 0.25) is 0 Å². The fourth-order valence-corrected chi connectivity index (χ4v) is 4.52. The van der Waals surface area contributed by atoms with Crippen LogP contribution < -0.4 is 5.32 Å². The fraction of sp³-hybridized carbons (Fsp3) is 0. The van der Waals surface area contributed by atoms with Gasteiger partial charge in [-0.3, -0.25) is 4.79 Å². The number of hydrogen-bond acceptors (Lipinski definition) is 7. The van der Waals surface area contributed by atoms with Crippen molar-refractivity contribution in [1.29, 1.82) is 0 Å². The Labute approximate surface area is 154 Å². The monoisotopic (exact) mass is 437 g/mol. The van der Waals surface area contributed by atoms with E-state index in [2.05, 4.69) is 15.3 Å². The van der Waals surface area contributed by atoms with Gasteiger partial charge in [0, 0.05) is 12.4 Å². The molecule has 1 aromatic heterocycles. The maximum Gasteiger partial charge on any atom is 0.291 e. The van der Waals surface area contributed by atoms with Crippen LogP contribution in [0, 0.1) is 0 Å². The standard InChI is InChI=1S/C10H4F5N3OS5/c11-20-4-3(18-10(19)9-16-1-2-17-9)5(21-12)7(23-14)8(24-15)6(4)22-13/h1-2H,(H,16,17)(H,18,19). The van der Waals surface area contributed by atoms with E-state index in [0.717, 1.165) is 0 Å². The van der Waals surface area contributed by atoms with Gasteiger partial charge in [-0.25, -0.2) is 4.98 Å². The molecule has 0 saturated carbocycles. The van der Waals surface area contributed by atoms with Crippen molar-refractivity contribution in [2.75, 3.05) is 5.32 Å². The van der Waals surface area contributed by atoms with Crippen molar-refractivity contribution in [3.05, 3.63) is 18.2 Å². The summed E-state index contributed by atoms with van der Waals surface area (Å²) in [6.45, 7) is 0. The molecule has 0 saturated heterocycles. The van der Waals surface area contributed by atoms with Crippen LogP contribution in [-0.4, -0.2) is 15.9 Å². The maximum absolute atomic E-state index is 13.3. The molecule has 1 amide bonds. The normalized spacial score (nSPS) is 10.9. The molecule has 0 aliphatic heterocycles. The van der Waals surface area contributed by atoms with Gasteiger partial charge < -0.3 is 10.3 Å². The molecule has 1 aromatic carbocycles. The molecule has 0 spiro atoms. The predicted molar refractivity (Wildman–Crippen MR) is 87.8 cm³/mol. The van der Waals surface area contributed by atoms with Crippen LogP contribution in [0.25, 0.3) is 0 Å². The van der Waals surface area contributed by atoms with Gasteiger partial charge in [0.1, 0.15) is 0 Å². The minimum absolute atomic E-state index is 0.188. The Morgan fingerprint density at radius 2 is 1.33 bits per heavy atom. The summed E-state index contributed by atoms with van der Waals surface area (Å²) in [5, 5.41) is 2.14. The van der Waals surface area contributed by atoms with E-state index in [9.17, 15) is 24.2 Å². The molecule has 2 aromatic rings. The Bertz CT molecular complexity index is 699. The zero-order valence-electron chi connectivity index (χ0n) is 10.9. The molecule has 24 heavy (non-hydrogen) atoms. The molecule has 4 nitrogen and oxygen atoms in total. The highest BCUT2D eigenvalue weighted by molar-refractivity contribution is 8.00. The maximum atomic E-state index is 13.3. The molecule has 0 atom stereocenters. The summed E-state index contributed by atoms with van der Waals surface area (Å²) in [6, 6.07) is 0. The second-order valence-corrected chi connectivity index (χ2v) is 6.61. The minimum atomic E-state index is -0.893. The molecule has 0 aliphatic rings. The second kappa shape index (κ2) is 9.12. The molecule has 14 heteroatoms. The lowest BCUT2D eigenvalue weighted by atomic mass is 10.3. The molecule has 0 unspecified atom stereocenters. The van der Waals surface area contributed by atoms with Crippen molar-refractivity contribution in [1.82, 2.24) is 9.97 Å². The van der Waals surface area contributed by atoms with Gasteiger partial charge in [0.25, 0.3) is 5.91 Å². The highest BCUT2D eigenvalue weighted by Gasteiger charge is 2.29. The summed E-state index contributed by atoms with van der Waals surface area (Å²) in [5.41, 5.74) is -0.519. The Hall–Kier alpha value is -0.700. The van der Waals surface area contributed by atoms with Crippen molar-refractivity contribution in [3.63, 3.8) is 0 Å². The molecule has 0 radical (unpaired) electrons. The number of nitrogens with zero attached hydrogens (tertiary/aromatic N) is 1. The number of amides is 1. The number of imidazole rings is 1. The Balaban J connectivity index is 2.65. The average molecular weight is 437 g/mol. The van der Waals surface area contributed by atoms with Crippen LogP contribution in [0.4, 0.5) is 25.1 Å². The molecule has 0 aliphatic carbocycles. The Kier molecular flexibility index (Phi) is 7.46. The van der Waals surface area contributed by atoms with Crippen molar-refractivity contribution in [2.24, 2.45) is 0 Å². The highest BCUT2D eigenvalue weighted by Crippen LogP contribution is 2.54. The molecule has 130 valence electrons. The van der Waals surface area contributed by atoms with E-state index >= 15 is 0 Å². The van der Waals surface area contributed by atoms with E-state index in [0.29, 0.717) is 0 Å². The third-order valence-corrected chi connectivity index (χ3v) is 5.95. The molecule has 0 bridgehead atoms. The lowest BCUT2D eigenvalue weighted by molar-refractivity contribution is 0.101. The molecule has 2 N–H and O–H groups in total. The molecular weight excluding hydrogens is 433 g/mol. The lowest BCUT2D eigenvalue weighted by Crippen LogP contribution is -2.15. The van der Waals surface area contributed by atoms with Gasteiger partial charge in [-0.1, -0.05) is 0 Å². The van der Waals surface area contributed by atoms with Crippen LogP contribution in [-0.2, 0) is 0 Å². The first-order chi connectivity index (χ1) is 11.6. The van der Waals surface area contributed by atoms with E-state index in [4.69, 9.17) is 0 Å². The number of nitrogens with one attached hydrogen (secondary N) is 2. The number of halogens is 5. The van der Waals surface area contributed by atoms with E-state index in [1.54, 1.807) is 0 Å². The largest absolute Gasteiger partial charge is 0.341 e. The number of carbonyl (C=O) groups excluding carboxylic acids is 1. The minimum Gasteiger partial charge on any atom is -0.341 e. The number of benzene rings is 1. The first-order valence-corrected chi connectivity index (χ1v) is 9.18. The van der Waals surface area contributed by atoms with Crippen LogP contribution in [0.5, 0.6) is 0 Å². The Morgan fingerprint density at radius 1 is 0.875 bits per heavy atom. The van der Waals surface area contributed by atoms with E-state index < -0.39 is 96.8 Å². The number of aromatic amines is 1. The molecule has 1 heterocycles. The van der Waals surface area contributed by atoms with Gasteiger partial charge in [0.15, 0.2) is 5.82 Å². The van der Waals surface area contributed by atoms with E-state index in [1.165, 1.54) is 12.4 Å². The summed E-state index contributed by atoms with van der Waals surface area (Å²) in [5.74, 6) is -1.08. The van der Waals surface area contributed by atoms with Crippen molar-refractivity contribution >= 4 is 72.3 Å². The van der Waals surface area contributed by atoms with E-state index in [-0.39, 0.29) is 5.82 Å². The quantitative estimate of drug-likeness (QED) is 0.477. The van der Waals surface area contributed by atoms with Gasteiger partial charge in [-0.2, -0.15) is 19.4 Å². The summed E-state index contributed by atoms with van der Waals surface area (Å²) in [4.78, 5) is 15.1. The number of rotatable bonds is 7. The van der Waals surface area contributed by atoms with Crippen LogP contribution >= 0.6 is 60.7 Å². The van der Waals surface area contributed by atoms with Crippen molar-refractivity contribution in [2.45, 2.75) is 24.5 Å². The van der Waals surface area contributed by atoms with Gasteiger partial charge in [-0.05, 0) is 0 Å². The van der Waals surface area contributed by atoms with Gasteiger partial charge >= 0.3 is 0 Å². The summed E-state index contributed by atoms with van der Waals surface area (Å²) in [7, 11) is 0. The van der Waals surface area contributed by atoms with Crippen LogP contribution in [0.2, 0.25) is 0 Å². The number of hydrogen-bond donors (Lipinski definition) is 2. The van der Waals surface area contributed by atoms with Crippen molar-refractivity contribution in [3.8, 4) is 0 Å². The Morgan fingerprint density at radius 3 is 1.71 bits per heavy atom. The molecular formula is C10H4F5N3OS5. The third-order valence-electron chi connectivity index (χ3n) is 2.62. The highest BCUT2D eigenvalue weighted by atomic mass is 32.2. The zero-order valence-corrected chi connectivity index (χ0v) is 15.0. The summed E-state index contributed by atoms with van der Waals surface area (Å²) in [6.07, 6.45) is 2.60. The average Bonchev–Trinajstić information content (AvgIpc) is 3.14. The van der Waals surface area contributed by atoms with Crippen molar-refractivity contribution < 1.29 is 24.2 Å². The first-order valence-electron chi connectivity index (χ1n) is 5.60. The summed E-state index contributed by atoms with van der Waals surface area (Å²) < 4.78 is 66.0.